The molecule has 0 amide bonds. The second kappa shape index (κ2) is 10.7. The van der Waals surface area contributed by atoms with Gasteiger partial charge in [-0.25, -0.2) is 0 Å². The van der Waals surface area contributed by atoms with Crippen LogP contribution in [0.1, 0.15) is 51.9 Å². The SMILES string of the molecule is CCCC/C=C/CCCC(O)CC(=O)OC. The highest BCUT2D eigenvalue weighted by Gasteiger charge is 2.09. The van der Waals surface area contributed by atoms with Gasteiger partial charge in [0.25, 0.3) is 0 Å². The molecule has 0 aromatic rings. The quantitative estimate of drug-likeness (QED) is 0.375. The molecule has 0 saturated heterocycles. The molecular formula is C13H24O3. The fourth-order valence-corrected chi connectivity index (χ4v) is 1.41. The molecule has 0 rings (SSSR count). The van der Waals surface area contributed by atoms with Crippen LogP contribution in [-0.2, 0) is 9.53 Å². The number of rotatable bonds is 9. The number of carbonyl (C=O) groups excluding carboxylic acids is 1. The highest BCUT2D eigenvalue weighted by Crippen LogP contribution is 2.06. The standard InChI is InChI=1S/C13H24O3/c1-3-4-5-6-7-8-9-10-12(14)11-13(15)16-2/h6-7,12,14H,3-5,8-11H2,1-2H3/b7-6+. The third kappa shape index (κ3) is 9.71. The van der Waals surface area contributed by atoms with Crippen molar-refractivity contribution in [2.45, 2.75) is 58.0 Å². The number of esters is 1. The van der Waals surface area contributed by atoms with Crippen LogP contribution in [0.3, 0.4) is 0 Å². The lowest BCUT2D eigenvalue weighted by atomic mass is 10.1. The molecule has 94 valence electrons. The number of hydrogen-bond donors (Lipinski definition) is 1. The summed E-state index contributed by atoms with van der Waals surface area (Å²) in [5, 5.41) is 9.47. The van der Waals surface area contributed by atoms with Gasteiger partial charge in [-0.05, 0) is 25.7 Å². The monoisotopic (exact) mass is 228 g/mol. The smallest absolute Gasteiger partial charge is 0.308 e. The van der Waals surface area contributed by atoms with Crippen molar-refractivity contribution in [3.8, 4) is 0 Å². The predicted octanol–water partition coefficient (Wildman–Crippen LogP) is 2.83. The van der Waals surface area contributed by atoms with Crippen LogP contribution < -0.4 is 0 Å². The van der Waals surface area contributed by atoms with Crippen molar-refractivity contribution in [2.24, 2.45) is 0 Å². The number of methoxy groups -OCH3 is 1. The van der Waals surface area contributed by atoms with Crippen molar-refractivity contribution < 1.29 is 14.6 Å². The maximum Gasteiger partial charge on any atom is 0.308 e. The topological polar surface area (TPSA) is 46.5 Å². The molecule has 0 heterocycles. The molecule has 0 aliphatic rings. The van der Waals surface area contributed by atoms with Gasteiger partial charge in [0.05, 0.1) is 19.6 Å². The molecule has 16 heavy (non-hydrogen) atoms. The zero-order valence-corrected chi connectivity index (χ0v) is 10.4. The Morgan fingerprint density at radius 1 is 1.31 bits per heavy atom. The molecule has 0 saturated carbocycles. The van der Waals surface area contributed by atoms with Crippen molar-refractivity contribution in [3.05, 3.63) is 12.2 Å². The number of allylic oxidation sites excluding steroid dienone is 2. The third-order valence-corrected chi connectivity index (χ3v) is 2.43. The van der Waals surface area contributed by atoms with Crippen LogP contribution in [0.2, 0.25) is 0 Å². The Balaban J connectivity index is 3.36. The Bertz CT molecular complexity index is 199. The average molecular weight is 228 g/mol. The molecule has 0 aliphatic carbocycles. The maximum absolute atomic E-state index is 10.8. The second-order valence-corrected chi connectivity index (χ2v) is 3.98. The highest BCUT2D eigenvalue weighted by atomic mass is 16.5. The van der Waals surface area contributed by atoms with E-state index in [2.05, 4.69) is 23.8 Å². The third-order valence-electron chi connectivity index (χ3n) is 2.43. The molecule has 1 N–H and O–H groups in total. The summed E-state index contributed by atoms with van der Waals surface area (Å²) in [5.41, 5.74) is 0. The van der Waals surface area contributed by atoms with Crippen LogP contribution in [0.5, 0.6) is 0 Å². The van der Waals surface area contributed by atoms with Crippen molar-refractivity contribution in [1.82, 2.24) is 0 Å². The van der Waals surface area contributed by atoms with Crippen molar-refractivity contribution in [1.29, 1.82) is 0 Å². The van der Waals surface area contributed by atoms with Crippen LogP contribution >= 0.6 is 0 Å². The van der Waals surface area contributed by atoms with Gasteiger partial charge in [-0.1, -0.05) is 31.9 Å². The van der Waals surface area contributed by atoms with E-state index in [1.54, 1.807) is 0 Å². The number of carbonyl (C=O) groups is 1. The van der Waals surface area contributed by atoms with Crippen molar-refractivity contribution in [3.63, 3.8) is 0 Å². The normalized spacial score (nSPS) is 12.9. The molecule has 3 heteroatoms. The molecule has 0 radical (unpaired) electrons. The minimum absolute atomic E-state index is 0.107. The summed E-state index contributed by atoms with van der Waals surface area (Å²) in [6.07, 6.45) is 10.0. The minimum Gasteiger partial charge on any atom is -0.469 e. The Kier molecular flexibility index (Phi) is 10.1. The Morgan fingerprint density at radius 3 is 2.50 bits per heavy atom. The first-order chi connectivity index (χ1) is 7.70. The van der Waals surface area contributed by atoms with Gasteiger partial charge in [-0.3, -0.25) is 4.79 Å². The molecular weight excluding hydrogens is 204 g/mol. The minimum atomic E-state index is -0.559. The summed E-state index contributed by atoms with van der Waals surface area (Å²) in [7, 11) is 1.34. The van der Waals surface area contributed by atoms with E-state index in [0.717, 1.165) is 19.3 Å². The summed E-state index contributed by atoms with van der Waals surface area (Å²) >= 11 is 0. The van der Waals surface area contributed by atoms with E-state index in [0.29, 0.717) is 6.42 Å². The van der Waals surface area contributed by atoms with Gasteiger partial charge in [-0.15, -0.1) is 0 Å². The van der Waals surface area contributed by atoms with Gasteiger partial charge in [-0.2, -0.15) is 0 Å². The lowest BCUT2D eigenvalue weighted by molar-refractivity contribution is -0.142. The van der Waals surface area contributed by atoms with E-state index in [9.17, 15) is 9.90 Å². The van der Waals surface area contributed by atoms with Gasteiger partial charge < -0.3 is 9.84 Å². The van der Waals surface area contributed by atoms with Crippen LogP contribution in [0.15, 0.2) is 12.2 Å². The number of aliphatic hydroxyl groups is 1. The van der Waals surface area contributed by atoms with E-state index in [1.165, 1.54) is 20.0 Å². The van der Waals surface area contributed by atoms with E-state index >= 15 is 0 Å². The molecule has 0 aliphatic heterocycles. The largest absolute Gasteiger partial charge is 0.469 e. The van der Waals surface area contributed by atoms with Crippen molar-refractivity contribution in [2.75, 3.05) is 7.11 Å². The molecule has 3 nitrogen and oxygen atoms in total. The van der Waals surface area contributed by atoms with Crippen LogP contribution in [0, 0.1) is 0 Å². The first-order valence-corrected chi connectivity index (χ1v) is 6.10. The molecule has 0 spiro atoms. The van der Waals surface area contributed by atoms with Crippen LogP contribution in [0.25, 0.3) is 0 Å². The number of ether oxygens (including phenoxy) is 1. The molecule has 0 aromatic heterocycles. The van der Waals surface area contributed by atoms with Gasteiger partial charge >= 0.3 is 5.97 Å². The second-order valence-electron chi connectivity index (χ2n) is 3.98. The molecule has 0 aromatic carbocycles. The van der Waals surface area contributed by atoms with Gasteiger partial charge in [0.15, 0.2) is 0 Å². The first kappa shape index (κ1) is 15.2. The maximum atomic E-state index is 10.8. The molecule has 1 unspecified atom stereocenters. The van der Waals surface area contributed by atoms with Crippen molar-refractivity contribution >= 4 is 5.97 Å². The van der Waals surface area contributed by atoms with E-state index in [-0.39, 0.29) is 12.4 Å². The first-order valence-electron chi connectivity index (χ1n) is 6.10. The predicted molar refractivity (Wildman–Crippen MR) is 65.2 cm³/mol. The van der Waals surface area contributed by atoms with E-state index < -0.39 is 6.10 Å². The Morgan fingerprint density at radius 2 is 1.94 bits per heavy atom. The Hall–Kier alpha value is -0.830. The average Bonchev–Trinajstić information content (AvgIpc) is 2.27. The van der Waals surface area contributed by atoms with Gasteiger partial charge in [0.2, 0.25) is 0 Å². The zero-order valence-electron chi connectivity index (χ0n) is 10.4. The lowest BCUT2D eigenvalue weighted by Gasteiger charge is -2.07. The van der Waals surface area contributed by atoms with E-state index in [1.807, 2.05) is 0 Å². The number of aliphatic hydroxyl groups excluding tert-OH is 1. The van der Waals surface area contributed by atoms with E-state index in [4.69, 9.17) is 0 Å². The van der Waals surface area contributed by atoms with Gasteiger partial charge in [0.1, 0.15) is 0 Å². The Labute approximate surface area is 98.5 Å². The van der Waals surface area contributed by atoms with Gasteiger partial charge in [0, 0.05) is 0 Å². The highest BCUT2D eigenvalue weighted by molar-refractivity contribution is 5.69. The summed E-state index contributed by atoms with van der Waals surface area (Å²) in [4.78, 5) is 10.8. The molecule has 0 fully saturated rings. The summed E-state index contributed by atoms with van der Waals surface area (Å²) in [6.45, 7) is 2.18. The number of unbranched alkanes of at least 4 members (excludes halogenated alkanes) is 3. The zero-order chi connectivity index (χ0) is 12.2. The fourth-order valence-electron chi connectivity index (χ4n) is 1.41. The lowest BCUT2D eigenvalue weighted by Crippen LogP contribution is -2.14. The fraction of sp³-hybridized carbons (Fsp3) is 0.769. The number of hydrogen-bond acceptors (Lipinski definition) is 3. The van der Waals surface area contributed by atoms with Crippen LogP contribution in [0.4, 0.5) is 0 Å². The molecule has 0 bridgehead atoms. The summed E-state index contributed by atoms with van der Waals surface area (Å²) in [5.74, 6) is -0.342. The summed E-state index contributed by atoms with van der Waals surface area (Å²) < 4.78 is 4.48. The summed E-state index contributed by atoms with van der Waals surface area (Å²) in [6, 6.07) is 0. The van der Waals surface area contributed by atoms with Crippen LogP contribution in [-0.4, -0.2) is 24.3 Å². The molecule has 1 atom stereocenters.